The molecular weight excluding hydrogens is 577 g/mol. The quantitative estimate of drug-likeness (QED) is 0.459. The number of rotatable bonds is 4. The molecule has 0 spiro atoms. The van der Waals surface area contributed by atoms with Gasteiger partial charge in [0.2, 0.25) is 5.91 Å². The molecule has 0 bridgehead atoms. The highest BCUT2D eigenvalue weighted by Gasteiger charge is 2.45. The van der Waals surface area contributed by atoms with Crippen LogP contribution in [0.4, 0.5) is 46.0 Å². The first-order chi connectivity index (χ1) is 19.5. The zero-order valence-electron chi connectivity index (χ0n) is 22.7. The molecule has 2 atom stereocenters. The van der Waals surface area contributed by atoms with Gasteiger partial charge in [-0.2, -0.15) is 26.3 Å². The van der Waals surface area contributed by atoms with Crippen molar-refractivity contribution < 1.29 is 49.9 Å². The molecule has 2 aromatic carbocycles. The van der Waals surface area contributed by atoms with Crippen molar-refractivity contribution >= 4 is 23.7 Å². The minimum atomic E-state index is -5.10. The normalized spacial score (nSPS) is 19.4. The lowest BCUT2D eigenvalue weighted by atomic mass is 9.93. The fourth-order valence-corrected chi connectivity index (χ4v) is 5.19. The number of methoxy groups -OCH3 is 1. The Kier molecular flexibility index (Phi) is 8.33. The molecule has 0 aromatic heterocycles. The van der Waals surface area contributed by atoms with E-state index in [4.69, 9.17) is 0 Å². The smallest absolute Gasteiger partial charge is 0.416 e. The van der Waals surface area contributed by atoms with E-state index < -0.39 is 65.0 Å². The van der Waals surface area contributed by atoms with Crippen molar-refractivity contribution in [1.82, 2.24) is 14.7 Å². The van der Waals surface area contributed by atoms with Crippen LogP contribution >= 0.6 is 0 Å². The monoisotopic (exact) mass is 604 g/mol. The summed E-state index contributed by atoms with van der Waals surface area (Å²) in [5, 5.41) is 0. The van der Waals surface area contributed by atoms with Crippen molar-refractivity contribution in [2.75, 3.05) is 52.3 Å². The van der Waals surface area contributed by atoms with Crippen LogP contribution in [-0.2, 0) is 21.9 Å². The first-order valence-electron chi connectivity index (χ1n) is 12.7. The van der Waals surface area contributed by atoms with E-state index in [1.807, 2.05) is 0 Å². The molecule has 42 heavy (non-hydrogen) atoms. The van der Waals surface area contributed by atoms with Crippen molar-refractivity contribution in [2.45, 2.75) is 24.3 Å². The highest BCUT2D eigenvalue weighted by molar-refractivity contribution is 5.92. The van der Waals surface area contributed by atoms with Crippen LogP contribution in [0.25, 0.3) is 0 Å². The van der Waals surface area contributed by atoms with Gasteiger partial charge in [-0.25, -0.2) is 14.0 Å². The number of alkyl halides is 6. The van der Waals surface area contributed by atoms with Crippen LogP contribution in [0.15, 0.2) is 42.5 Å². The molecule has 2 aliphatic rings. The van der Waals surface area contributed by atoms with E-state index in [0.29, 0.717) is 22.6 Å². The lowest BCUT2D eigenvalue weighted by Gasteiger charge is -2.38. The molecule has 2 fully saturated rings. The maximum absolute atomic E-state index is 13.6. The lowest BCUT2D eigenvalue weighted by molar-refractivity contribution is -0.143. The van der Waals surface area contributed by atoms with Crippen molar-refractivity contribution in [2.24, 2.45) is 5.92 Å². The number of carbonyl (C=O) groups is 3. The van der Waals surface area contributed by atoms with E-state index in [0.717, 1.165) is 11.9 Å². The SMILES string of the molecule is COC(=O)N1CC(C(=O)N2C[C@@H](N(C)C(=O)N(C)c3cc(C(F)(F)F)cc(C(F)(F)F)c3)[C@H](c3ccc(F)cc3)C2)C1. The number of anilines is 1. The summed E-state index contributed by atoms with van der Waals surface area (Å²) in [4.78, 5) is 43.0. The molecule has 15 heteroatoms. The van der Waals surface area contributed by atoms with Crippen molar-refractivity contribution in [3.05, 3.63) is 65.0 Å². The molecule has 2 heterocycles. The van der Waals surface area contributed by atoms with E-state index in [-0.39, 0.29) is 38.2 Å². The van der Waals surface area contributed by atoms with E-state index in [9.17, 15) is 45.1 Å². The fraction of sp³-hybridized carbons (Fsp3) is 0.444. The Hall–Kier alpha value is -4.04. The number of halogens is 7. The summed E-state index contributed by atoms with van der Waals surface area (Å²) in [6, 6.07) is 4.55. The minimum absolute atomic E-state index is 0.0118. The topological polar surface area (TPSA) is 73.4 Å². The van der Waals surface area contributed by atoms with Crippen molar-refractivity contribution in [3.63, 3.8) is 0 Å². The highest BCUT2D eigenvalue weighted by Crippen LogP contribution is 2.39. The molecule has 2 saturated heterocycles. The Morgan fingerprint density at radius 3 is 1.88 bits per heavy atom. The number of likely N-dealkylation sites (N-methyl/N-ethyl adjacent to an activating group) is 1. The van der Waals surface area contributed by atoms with Crippen LogP contribution in [0.3, 0.4) is 0 Å². The Balaban J connectivity index is 1.60. The number of likely N-dealkylation sites (tertiary alicyclic amines) is 2. The zero-order valence-corrected chi connectivity index (χ0v) is 22.7. The first kappa shape index (κ1) is 30.9. The third-order valence-electron chi connectivity index (χ3n) is 7.61. The number of urea groups is 1. The molecule has 228 valence electrons. The maximum Gasteiger partial charge on any atom is 0.416 e. The van der Waals surface area contributed by atoms with E-state index in [1.165, 1.54) is 48.2 Å². The van der Waals surface area contributed by atoms with Crippen LogP contribution < -0.4 is 4.90 Å². The molecule has 2 aliphatic heterocycles. The van der Waals surface area contributed by atoms with E-state index >= 15 is 0 Å². The third-order valence-corrected chi connectivity index (χ3v) is 7.61. The largest absolute Gasteiger partial charge is 0.453 e. The zero-order chi connectivity index (χ0) is 31.1. The Labute approximate surface area is 236 Å². The summed E-state index contributed by atoms with van der Waals surface area (Å²) >= 11 is 0. The van der Waals surface area contributed by atoms with Gasteiger partial charge >= 0.3 is 24.5 Å². The van der Waals surface area contributed by atoms with Gasteiger partial charge in [-0.05, 0) is 35.9 Å². The summed E-state index contributed by atoms with van der Waals surface area (Å²) in [5.41, 5.74) is -3.20. The Morgan fingerprint density at radius 2 is 1.38 bits per heavy atom. The summed E-state index contributed by atoms with van der Waals surface area (Å²) in [6.07, 6.45) is -10.8. The van der Waals surface area contributed by atoms with E-state index in [2.05, 4.69) is 4.74 Å². The Bertz CT molecular complexity index is 1310. The average Bonchev–Trinajstić information content (AvgIpc) is 3.35. The number of amides is 4. The van der Waals surface area contributed by atoms with Crippen molar-refractivity contribution in [3.8, 4) is 0 Å². The molecule has 0 saturated carbocycles. The second kappa shape index (κ2) is 11.3. The molecule has 8 nitrogen and oxygen atoms in total. The van der Waals surface area contributed by atoms with Gasteiger partial charge in [-0.3, -0.25) is 9.69 Å². The number of hydrogen-bond donors (Lipinski definition) is 0. The predicted octanol–water partition coefficient (Wildman–Crippen LogP) is 5.04. The molecule has 4 amide bonds. The number of carbonyl (C=O) groups excluding carboxylic acids is 3. The molecule has 2 aromatic rings. The predicted molar refractivity (Wildman–Crippen MR) is 135 cm³/mol. The van der Waals surface area contributed by atoms with Crippen LogP contribution in [0.1, 0.15) is 22.6 Å². The molecular formula is C27H27F7N4O4. The summed E-state index contributed by atoms with van der Waals surface area (Å²) in [7, 11) is 3.59. The third kappa shape index (κ3) is 6.23. The van der Waals surface area contributed by atoms with Gasteiger partial charge in [0, 0.05) is 51.9 Å². The molecule has 0 N–H and O–H groups in total. The van der Waals surface area contributed by atoms with Crippen LogP contribution in [0.2, 0.25) is 0 Å². The molecule has 0 unspecified atom stereocenters. The lowest BCUT2D eigenvalue weighted by Crippen LogP contribution is -2.56. The standard InChI is InChI=1S/C27H27F7N4O4/c1-35(20-9-17(26(29,30)31)8-18(10-20)27(32,33)34)24(40)36(2)22-14-37(13-21(22)15-4-6-19(28)7-5-15)23(39)16-11-38(12-16)25(41)42-3/h4-10,16,21-22H,11-14H2,1-3H3/t21-,22+/m0/s1. The summed E-state index contributed by atoms with van der Waals surface area (Å²) in [5.74, 6) is -1.90. The van der Waals surface area contributed by atoms with Gasteiger partial charge in [0.05, 0.1) is 30.2 Å². The van der Waals surface area contributed by atoms with E-state index in [1.54, 1.807) is 0 Å². The van der Waals surface area contributed by atoms with Gasteiger partial charge in [0.1, 0.15) is 5.82 Å². The molecule has 0 radical (unpaired) electrons. The molecule has 0 aliphatic carbocycles. The number of hydrogen-bond acceptors (Lipinski definition) is 4. The van der Waals surface area contributed by atoms with Gasteiger partial charge in [0.25, 0.3) is 0 Å². The maximum atomic E-state index is 13.6. The summed E-state index contributed by atoms with van der Waals surface area (Å²) in [6.45, 7) is 0.347. The molecule has 4 rings (SSSR count). The van der Waals surface area contributed by atoms with Crippen LogP contribution in [0, 0.1) is 11.7 Å². The first-order valence-corrected chi connectivity index (χ1v) is 12.7. The van der Waals surface area contributed by atoms with Gasteiger partial charge < -0.3 is 19.4 Å². The summed E-state index contributed by atoms with van der Waals surface area (Å²) < 4.78 is 98.7. The van der Waals surface area contributed by atoms with Crippen molar-refractivity contribution in [1.29, 1.82) is 0 Å². The fourth-order valence-electron chi connectivity index (χ4n) is 5.19. The van der Waals surface area contributed by atoms with Gasteiger partial charge in [0.15, 0.2) is 0 Å². The number of nitrogens with zero attached hydrogens (tertiary/aromatic N) is 4. The number of benzene rings is 2. The van der Waals surface area contributed by atoms with Gasteiger partial charge in [-0.1, -0.05) is 12.1 Å². The van der Waals surface area contributed by atoms with Crippen LogP contribution in [-0.4, -0.2) is 86.2 Å². The number of ether oxygens (including phenoxy) is 1. The minimum Gasteiger partial charge on any atom is -0.453 e. The van der Waals surface area contributed by atoms with Gasteiger partial charge in [-0.15, -0.1) is 0 Å². The Morgan fingerprint density at radius 1 is 0.833 bits per heavy atom. The van der Waals surface area contributed by atoms with Crippen LogP contribution in [0.5, 0.6) is 0 Å². The average molecular weight is 605 g/mol. The second-order valence-corrected chi connectivity index (χ2v) is 10.3. The highest BCUT2D eigenvalue weighted by atomic mass is 19.4. The second-order valence-electron chi connectivity index (χ2n) is 10.3.